The second kappa shape index (κ2) is 9.66. The number of nitrogens with two attached hydrogens (primary N) is 1. The Morgan fingerprint density at radius 3 is 2.64 bits per heavy atom. The van der Waals surface area contributed by atoms with Crippen LogP contribution in [0.25, 0.3) is 0 Å². The van der Waals surface area contributed by atoms with Gasteiger partial charge in [-0.05, 0) is 38.9 Å². The Labute approximate surface area is 69.9 Å². The van der Waals surface area contributed by atoms with Crippen LogP contribution in [0.4, 0.5) is 0 Å². The van der Waals surface area contributed by atoms with E-state index in [1.165, 1.54) is 0 Å². The normalized spacial score (nSPS) is 11.1. The maximum Gasteiger partial charge on any atom is -0.00144 e. The van der Waals surface area contributed by atoms with Gasteiger partial charge >= 0.3 is 0 Å². The van der Waals surface area contributed by atoms with E-state index in [4.69, 9.17) is 5.73 Å². The van der Waals surface area contributed by atoms with E-state index >= 15 is 0 Å². The predicted octanol–water partition coefficient (Wildman–Crippen LogP) is 1.28. The standard InChI is InChI=1S/C9H20N2/c1-2-11-9-7-5-3-4-6-8-10/h3,5,11H,2,4,6-10H2,1H3/b5-3-. The first kappa shape index (κ1) is 10.7. The SMILES string of the molecule is CCNCC/C=C\CCCN. The third-order valence-electron chi connectivity index (χ3n) is 1.48. The van der Waals surface area contributed by atoms with Gasteiger partial charge in [-0.15, -0.1) is 0 Å². The van der Waals surface area contributed by atoms with Gasteiger partial charge in [0.05, 0.1) is 0 Å². The highest BCUT2D eigenvalue weighted by Gasteiger charge is 1.79. The average molecular weight is 156 g/mol. The molecule has 0 aliphatic heterocycles. The van der Waals surface area contributed by atoms with Gasteiger partial charge in [0.15, 0.2) is 0 Å². The summed E-state index contributed by atoms with van der Waals surface area (Å²) in [5.74, 6) is 0. The Balaban J connectivity index is 2.91. The average Bonchev–Trinajstić information content (AvgIpc) is 2.03. The molecule has 0 rings (SSSR count). The Morgan fingerprint density at radius 1 is 1.27 bits per heavy atom. The quantitative estimate of drug-likeness (QED) is 0.430. The summed E-state index contributed by atoms with van der Waals surface area (Å²) in [4.78, 5) is 0. The highest BCUT2D eigenvalue weighted by atomic mass is 14.8. The van der Waals surface area contributed by atoms with Gasteiger partial charge in [-0.3, -0.25) is 0 Å². The molecule has 0 aromatic carbocycles. The number of allylic oxidation sites excluding steroid dienone is 1. The van der Waals surface area contributed by atoms with Crippen molar-refractivity contribution in [1.82, 2.24) is 5.32 Å². The molecule has 0 fully saturated rings. The van der Waals surface area contributed by atoms with Crippen molar-refractivity contribution in [2.75, 3.05) is 19.6 Å². The van der Waals surface area contributed by atoms with Crippen molar-refractivity contribution in [3.63, 3.8) is 0 Å². The van der Waals surface area contributed by atoms with Crippen molar-refractivity contribution in [2.45, 2.75) is 26.2 Å². The lowest BCUT2D eigenvalue weighted by Crippen LogP contribution is -2.12. The van der Waals surface area contributed by atoms with E-state index in [2.05, 4.69) is 24.4 Å². The van der Waals surface area contributed by atoms with Crippen LogP contribution in [0.2, 0.25) is 0 Å². The first-order valence-electron chi connectivity index (χ1n) is 4.47. The summed E-state index contributed by atoms with van der Waals surface area (Å²) in [5.41, 5.74) is 5.34. The Morgan fingerprint density at radius 2 is 2.00 bits per heavy atom. The second-order valence-electron chi connectivity index (χ2n) is 2.54. The lowest BCUT2D eigenvalue weighted by molar-refractivity contribution is 0.724. The van der Waals surface area contributed by atoms with Crippen molar-refractivity contribution in [2.24, 2.45) is 5.73 Å². The van der Waals surface area contributed by atoms with E-state index in [1.807, 2.05) is 0 Å². The molecule has 0 unspecified atom stereocenters. The molecule has 0 amide bonds. The maximum atomic E-state index is 5.34. The van der Waals surface area contributed by atoms with Gasteiger partial charge in [0, 0.05) is 0 Å². The van der Waals surface area contributed by atoms with E-state index in [9.17, 15) is 0 Å². The highest BCUT2D eigenvalue weighted by Crippen LogP contribution is 1.89. The number of rotatable bonds is 7. The van der Waals surface area contributed by atoms with Gasteiger partial charge in [-0.2, -0.15) is 0 Å². The lowest BCUT2D eigenvalue weighted by atomic mass is 10.2. The van der Waals surface area contributed by atoms with Crippen LogP contribution in [0.1, 0.15) is 26.2 Å². The maximum absolute atomic E-state index is 5.34. The minimum absolute atomic E-state index is 0.803. The summed E-state index contributed by atoms with van der Waals surface area (Å²) in [6.07, 6.45) is 7.81. The predicted molar refractivity (Wildman–Crippen MR) is 50.6 cm³/mol. The highest BCUT2D eigenvalue weighted by molar-refractivity contribution is 4.81. The van der Waals surface area contributed by atoms with Crippen LogP contribution in [0.15, 0.2) is 12.2 Å². The molecule has 0 aliphatic carbocycles. The van der Waals surface area contributed by atoms with Gasteiger partial charge in [-0.1, -0.05) is 19.1 Å². The lowest BCUT2D eigenvalue weighted by Gasteiger charge is -1.95. The third-order valence-corrected chi connectivity index (χ3v) is 1.48. The van der Waals surface area contributed by atoms with E-state index < -0.39 is 0 Å². The molecule has 0 aromatic heterocycles. The molecule has 0 aromatic rings. The van der Waals surface area contributed by atoms with E-state index in [1.54, 1.807) is 0 Å². The first-order valence-corrected chi connectivity index (χ1v) is 4.47. The molecule has 0 saturated carbocycles. The molecule has 0 aliphatic rings. The van der Waals surface area contributed by atoms with Crippen LogP contribution in [-0.4, -0.2) is 19.6 Å². The van der Waals surface area contributed by atoms with Gasteiger partial charge < -0.3 is 11.1 Å². The smallest absolute Gasteiger partial charge is 0.00144 e. The number of hydrogen-bond donors (Lipinski definition) is 2. The largest absolute Gasteiger partial charge is 0.330 e. The molecule has 11 heavy (non-hydrogen) atoms. The molecular formula is C9H20N2. The van der Waals surface area contributed by atoms with E-state index in [0.29, 0.717) is 0 Å². The van der Waals surface area contributed by atoms with E-state index in [0.717, 1.165) is 38.9 Å². The summed E-state index contributed by atoms with van der Waals surface area (Å²) in [7, 11) is 0. The zero-order valence-corrected chi connectivity index (χ0v) is 7.47. The minimum atomic E-state index is 0.803. The van der Waals surface area contributed by atoms with Gasteiger partial charge in [0.1, 0.15) is 0 Å². The Bertz CT molecular complexity index is 89.6. The summed E-state index contributed by atoms with van der Waals surface area (Å²) in [5, 5.41) is 3.26. The van der Waals surface area contributed by atoms with Crippen molar-refractivity contribution >= 4 is 0 Å². The Kier molecular flexibility index (Phi) is 9.36. The molecule has 0 radical (unpaired) electrons. The monoisotopic (exact) mass is 156 g/mol. The molecule has 0 heterocycles. The van der Waals surface area contributed by atoms with Crippen molar-refractivity contribution in [3.05, 3.63) is 12.2 Å². The molecule has 0 bridgehead atoms. The second-order valence-corrected chi connectivity index (χ2v) is 2.54. The summed E-state index contributed by atoms with van der Waals surface area (Å²) in [6, 6.07) is 0. The molecular weight excluding hydrogens is 136 g/mol. The molecule has 0 spiro atoms. The van der Waals surface area contributed by atoms with Crippen LogP contribution in [0.5, 0.6) is 0 Å². The minimum Gasteiger partial charge on any atom is -0.330 e. The summed E-state index contributed by atoms with van der Waals surface area (Å²) in [6.45, 7) is 5.09. The number of nitrogens with one attached hydrogen (secondary N) is 1. The van der Waals surface area contributed by atoms with Crippen molar-refractivity contribution < 1.29 is 0 Å². The van der Waals surface area contributed by atoms with Gasteiger partial charge in [-0.25, -0.2) is 0 Å². The third kappa shape index (κ3) is 9.66. The van der Waals surface area contributed by atoms with Crippen molar-refractivity contribution in [1.29, 1.82) is 0 Å². The van der Waals surface area contributed by atoms with Crippen LogP contribution < -0.4 is 11.1 Å². The van der Waals surface area contributed by atoms with Crippen LogP contribution in [0.3, 0.4) is 0 Å². The van der Waals surface area contributed by atoms with E-state index in [-0.39, 0.29) is 0 Å². The van der Waals surface area contributed by atoms with Crippen LogP contribution >= 0.6 is 0 Å². The van der Waals surface area contributed by atoms with Crippen molar-refractivity contribution in [3.8, 4) is 0 Å². The molecule has 0 saturated heterocycles. The topological polar surface area (TPSA) is 38.0 Å². The summed E-state index contributed by atoms with van der Waals surface area (Å²) >= 11 is 0. The molecule has 2 heteroatoms. The molecule has 66 valence electrons. The van der Waals surface area contributed by atoms with Crippen LogP contribution in [-0.2, 0) is 0 Å². The number of hydrogen-bond acceptors (Lipinski definition) is 2. The summed E-state index contributed by atoms with van der Waals surface area (Å²) < 4.78 is 0. The molecule has 2 nitrogen and oxygen atoms in total. The molecule has 3 N–H and O–H groups in total. The Hall–Kier alpha value is -0.340. The fraction of sp³-hybridized carbons (Fsp3) is 0.778. The zero-order chi connectivity index (χ0) is 8.36. The zero-order valence-electron chi connectivity index (χ0n) is 7.47. The fourth-order valence-electron chi connectivity index (χ4n) is 0.834. The number of unbranched alkanes of at least 4 members (excludes halogenated alkanes) is 1. The van der Waals surface area contributed by atoms with Gasteiger partial charge in [0.2, 0.25) is 0 Å². The van der Waals surface area contributed by atoms with Gasteiger partial charge in [0.25, 0.3) is 0 Å². The fourth-order valence-corrected chi connectivity index (χ4v) is 0.834. The molecule has 0 atom stereocenters. The first-order chi connectivity index (χ1) is 5.41. The van der Waals surface area contributed by atoms with Crippen LogP contribution in [0, 0.1) is 0 Å².